The Bertz CT molecular complexity index is 483. The molecule has 0 saturated heterocycles. The van der Waals surface area contributed by atoms with Gasteiger partial charge in [-0.3, -0.25) is 0 Å². The van der Waals surface area contributed by atoms with Gasteiger partial charge in [0, 0.05) is 6.42 Å². The van der Waals surface area contributed by atoms with E-state index in [1.807, 2.05) is 43.3 Å². The summed E-state index contributed by atoms with van der Waals surface area (Å²) in [5.41, 5.74) is 7.66. The second-order valence-corrected chi connectivity index (χ2v) is 4.19. The molecule has 0 heterocycles. The van der Waals surface area contributed by atoms with Crippen molar-refractivity contribution in [2.75, 3.05) is 6.54 Å². The van der Waals surface area contributed by atoms with Crippen molar-refractivity contribution in [2.24, 2.45) is 5.73 Å². The van der Waals surface area contributed by atoms with Gasteiger partial charge in [0.25, 0.3) is 0 Å². The lowest BCUT2D eigenvalue weighted by Crippen LogP contribution is -1.91. The number of rotatable bonds is 3. The average Bonchev–Trinajstić information content (AvgIpc) is 2.43. The predicted octanol–water partition coefficient (Wildman–Crippen LogP) is 2.44. The predicted molar refractivity (Wildman–Crippen MR) is 78.0 cm³/mol. The van der Waals surface area contributed by atoms with E-state index in [4.69, 9.17) is 10.8 Å². The molecule has 2 aromatic rings. The van der Waals surface area contributed by atoms with Gasteiger partial charge in [-0.25, -0.2) is 0 Å². The Morgan fingerprint density at radius 3 is 2.21 bits per heavy atom. The van der Waals surface area contributed by atoms with E-state index < -0.39 is 0 Å². The highest BCUT2D eigenvalue weighted by molar-refractivity contribution is 5.39. The van der Waals surface area contributed by atoms with E-state index in [1.54, 1.807) is 12.1 Å². The number of hydrogen-bond donors (Lipinski definition) is 3. The van der Waals surface area contributed by atoms with Crippen molar-refractivity contribution in [3.63, 3.8) is 0 Å². The number of hydrogen-bond acceptors (Lipinski definition) is 3. The molecule has 0 bridgehead atoms. The van der Waals surface area contributed by atoms with Crippen LogP contribution in [0.15, 0.2) is 48.5 Å². The minimum absolute atomic E-state index is 0.00205. The Hall–Kier alpha value is -1.84. The van der Waals surface area contributed by atoms with Crippen molar-refractivity contribution < 1.29 is 10.2 Å². The van der Waals surface area contributed by atoms with Crippen molar-refractivity contribution in [3.05, 3.63) is 65.2 Å². The quantitative estimate of drug-likeness (QED) is 0.793. The van der Waals surface area contributed by atoms with Gasteiger partial charge in [-0.2, -0.15) is 0 Å². The van der Waals surface area contributed by atoms with Crippen LogP contribution in [0, 0.1) is 0 Å². The van der Waals surface area contributed by atoms with E-state index >= 15 is 0 Å². The first kappa shape index (κ1) is 15.2. The largest absolute Gasteiger partial charge is 0.508 e. The third kappa shape index (κ3) is 5.12. The normalized spacial score (nSPS) is 9.63. The fraction of sp³-hybridized carbons (Fsp3) is 0.250. The molecule has 0 fully saturated rings. The second-order valence-electron chi connectivity index (χ2n) is 4.19. The SMILES string of the molecule is CCN.OCc1ccc(O)c(Cc2ccccc2)c1. The topological polar surface area (TPSA) is 66.5 Å². The molecule has 3 heteroatoms. The van der Waals surface area contributed by atoms with Gasteiger partial charge < -0.3 is 15.9 Å². The monoisotopic (exact) mass is 259 g/mol. The van der Waals surface area contributed by atoms with Crippen molar-refractivity contribution >= 4 is 0 Å². The first-order valence-electron chi connectivity index (χ1n) is 6.36. The van der Waals surface area contributed by atoms with Crippen molar-refractivity contribution in [3.8, 4) is 5.75 Å². The number of phenolic OH excluding ortho intramolecular Hbond substituents is 1. The van der Waals surface area contributed by atoms with Crippen LogP contribution in [0.4, 0.5) is 0 Å². The van der Waals surface area contributed by atoms with Crippen LogP contribution in [-0.4, -0.2) is 16.8 Å². The summed E-state index contributed by atoms with van der Waals surface area (Å²) in [6.45, 7) is 2.65. The van der Waals surface area contributed by atoms with Gasteiger partial charge >= 0.3 is 0 Å². The zero-order valence-electron chi connectivity index (χ0n) is 11.2. The lowest BCUT2D eigenvalue weighted by atomic mass is 10.0. The summed E-state index contributed by atoms with van der Waals surface area (Å²) in [5.74, 6) is 0.279. The van der Waals surface area contributed by atoms with Gasteiger partial charge in [-0.15, -0.1) is 0 Å². The summed E-state index contributed by atoms with van der Waals surface area (Å²) in [4.78, 5) is 0. The van der Waals surface area contributed by atoms with E-state index in [0.29, 0.717) is 6.42 Å². The zero-order valence-corrected chi connectivity index (χ0v) is 11.2. The smallest absolute Gasteiger partial charge is 0.119 e. The van der Waals surface area contributed by atoms with E-state index in [0.717, 1.165) is 23.2 Å². The number of aromatic hydroxyl groups is 1. The van der Waals surface area contributed by atoms with Crippen molar-refractivity contribution in [1.82, 2.24) is 0 Å². The molecule has 2 aromatic carbocycles. The molecule has 0 amide bonds. The molecule has 0 aromatic heterocycles. The molecule has 0 spiro atoms. The van der Waals surface area contributed by atoms with E-state index in [-0.39, 0.29) is 12.4 Å². The van der Waals surface area contributed by atoms with Crippen LogP contribution in [0.5, 0.6) is 5.75 Å². The summed E-state index contributed by atoms with van der Waals surface area (Å²) >= 11 is 0. The number of phenols is 1. The Kier molecular flexibility index (Phi) is 6.64. The molecule has 4 N–H and O–H groups in total. The summed E-state index contributed by atoms with van der Waals surface area (Å²) in [7, 11) is 0. The first-order chi connectivity index (χ1) is 9.21. The molecule has 3 nitrogen and oxygen atoms in total. The minimum atomic E-state index is 0.00205. The van der Waals surface area contributed by atoms with Crippen molar-refractivity contribution in [1.29, 1.82) is 0 Å². The van der Waals surface area contributed by atoms with Crippen LogP contribution in [0.3, 0.4) is 0 Å². The molecule has 0 aliphatic heterocycles. The van der Waals surface area contributed by atoms with Gasteiger partial charge in [0.2, 0.25) is 0 Å². The fourth-order valence-corrected chi connectivity index (χ4v) is 1.69. The molecular weight excluding hydrogens is 238 g/mol. The molecule has 0 radical (unpaired) electrons. The molecule has 19 heavy (non-hydrogen) atoms. The zero-order chi connectivity index (χ0) is 14.1. The number of nitrogens with two attached hydrogens (primary N) is 1. The summed E-state index contributed by atoms with van der Waals surface area (Å²) in [6.07, 6.45) is 0.681. The van der Waals surface area contributed by atoms with Crippen LogP contribution in [0.2, 0.25) is 0 Å². The van der Waals surface area contributed by atoms with Gasteiger partial charge in [-0.1, -0.05) is 43.3 Å². The highest BCUT2D eigenvalue weighted by Gasteiger charge is 2.03. The Balaban J connectivity index is 0.000000550. The lowest BCUT2D eigenvalue weighted by molar-refractivity contribution is 0.281. The highest BCUT2D eigenvalue weighted by Crippen LogP contribution is 2.21. The van der Waals surface area contributed by atoms with E-state index in [2.05, 4.69) is 0 Å². The molecule has 0 aliphatic carbocycles. The Labute approximate surface area is 114 Å². The van der Waals surface area contributed by atoms with E-state index in [1.165, 1.54) is 0 Å². The highest BCUT2D eigenvalue weighted by atomic mass is 16.3. The van der Waals surface area contributed by atoms with Gasteiger partial charge in [0.05, 0.1) is 6.61 Å². The molecule has 102 valence electrons. The summed E-state index contributed by atoms with van der Waals surface area (Å²) in [5, 5.41) is 18.7. The number of benzene rings is 2. The maximum Gasteiger partial charge on any atom is 0.119 e. The van der Waals surface area contributed by atoms with Crippen LogP contribution in [0.25, 0.3) is 0 Å². The first-order valence-corrected chi connectivity index (χ1v) is 6.36. The standard InChI is InChI=1S/C14H14O2.C2H7N/c15-10-12-6-7-14(16)13(9-12)8-11-4-2-1-3-5-11;1-2-3/h1-7,9,15-16H,8,10H2;2-3H2,1H3. The summed E-state index contributed by atoms with van der Waals surface area (Å²) in [6, 6.07) is 15.1. The Morgan fingerprint density at radius 2 is 1.63 bits per heavy atom. The number of aliphatic hydroxyl groups excluding tert-OH is 1. The molecule has 0 atom stereocenters. The molecule has 0 saturated carbocycles. The van der Waals surface area contributed by atoms with Crippen molar-refractivity contribution in [2.45, 2.75) is 20.0 Å². The van der Waals surface area contributed by atoms with Crippen LogP contribution >= 0.6 is 0 Å². The maximum atomic E-state index is 9.71. The Morgan fingerprint density at radius 1 is 1.00 bits per heavy atom. The van der Waals surface area contributed by atoms with Gasteiger partial charge in [-0.05, 0) is 35.4 Å². The molecule has 0 unspecified atom stereocenters. The minimum Gasteiger partial charge on any atom is -0.508 e. The molecule has 0 aliphatic rings. The maximum absolute atomic E-state index is 9.71. The number of aliphatic hydroxyl groups is 1. The van der Waals surface area contributed by atoms with E-state index in [9.17, 15) is 5.11 Å². The second kappa shape index (κ2) is 8.29. The van der Waals surface area contributed by atoms with Crippen LogP contribution in [-0.2, 0) is 13.0 Å². The van der Waals surface area contributed by atoms with Gasteiger partial charge in [0.1, 0.15) is 5.75 Å². The fourth-order valence-electron chi connectivity index (χ4n) is 1.69. The summed E-state index contributed by atoms with van der Waals surface area (Å²) < 4.78 is 0. The third-order valence-corrected chi connectivity index (χ3v) is 2.56. The third-order valence-electron chi connectivity index (χ3n) is 2.56. The van der Waals surface area contributed by atoms with Crippen LogP contribution < -0.4 is 5.73 Å². The average molecular weight is 259 g/mol. The molecule has 2 rings (SSSR count). The lowest BCUT2D eigenvalue weighted by Gasteiger charge is -2.06. The van der Waals surface area contributed by atoms with Gasteiger partial charge in [0.15, 0.2) is 0 Å². The van der Waals surface area contributed by atoms with Crippen LogP contribution in [0.1, 0.15) is 23.6 Å². The molecular formula is C16H21NO2.